The van der Waals surface area contributed by atoms with E-state index in [9.17, 15) is 0 Å². The van der Waals surface area contributed by atoms with Crippen LogP contribution in [0.15, 0.2) is 24.3 Å². The van der Waals surface area contributed by atoms with Gasteiger partial charge in [-0.3, -0.25) is 0 Å². The van der Waals surface area contributed by atoms with E-state index in [0.717, 1.165) is 38.4 Å². The Hall–Kier alpha value is -1.06. The van der Waals surface area contributed by atoms with Crippen LogP contribution in [0.4, 0.5) is 5.69 Å². The maximum Gasteiger partial charge on any atom is 0.0507 e. The summed E-state index contributed by atoms with van der Waals surface area (Å²) in [5.74, 6) is 0.709. The van der Waals surface area contributed by atoms with Crippen molar-refractivity contribution in [2.45, 2.75) is 12.8 Å². The molecule has 0 aromatic heterocycles. The van der Waals surface area contributed by atoms with Crippen molar-refractivity contribution in [3.8, 4) is 0 Å². The summed E-state index contributed by atoms with van der Waals surface area (Å²) >= 11 is 0. The van der Waals surface area contributed by atoms with Gasteiger partial charge in [-0.1, -0.05) is 12.1 Å². The van der Waals surface area contributed by atoms with Crippen LogP contribution in [0.2, 0.25) is 0 Å². The predicted octanol–water partition coefficient (Wildman–Crippen LogP) is 1.44. The van der Waals surface area contributed by atoms with E-state index in [2.05, 4.69) is 11.4 Å². The Morgan fingerprint density at radius 2 is 2.38 bits per heavy atom. The van der Waals surface area contributed by atoms with Gasteiger partial charge in [0.1, 0.15) is 0 Å². The van der Waals surface area contributed by atoms with E-state index >= 15 is 0 Å². The Morgan fingerprint density at radius 3 is 3.12 bits per heavy atom. The zero-order chi connectivity index (χ0) is 11.2. The molecule has 3 N–H and O–H groups in total. The molecule has 2 rings (SSSR count). The first-order valence-electron chi connectivity index (χ1n) is 5.97. The van der Waals surface area contributed by atoms with Gasteiger partial charge in [0.15, 0.2) is 0 Å². The number of ether oxygens (including phenoxy) is 1. The first-order chi connectivity index (χ1) is 7.84. The monoisotopic (exact) mass is 220 g/mol. The number of nitrogens with one attached hydrogen (secondary N) is 1. The van der Waals surface area contributed by atoms with Crippen molar-refractivity contribution in [1.29, 1.82) is 0 Å². The van der Waals surface area contributed by atoms with E-state index in [1.807, 2.05) is 18.2 Å². The van der Waals surface area contributed by atoms with Crippen molar-refractivity contribution in [1.82, 2.24) is 5.32 Å². The summed E-state index contributed by atoms with van der Waals surface area (Å²) < 4.78 is 5.33. The van der Waals surface area contributed by atoms with E-state index in [1.165, 1.54) is 12.0 Å². The maximum absolute atomic E-state index is 5.73. The van der Waals surface area contributed by atoms with Crippen LogP contribution in [-0.4, -0.2) is 26.3 Å². The molecule has 0 amide bonds. The second kappa shape index (κ2) is 5.87. The summed E-state index contributed by atoms with van der Waals surface area (Å²) in [5.41, 5.74) is 7.88. The highest BCUT2D eigenvalue weighted by atomic mass is 16.5. The van der Waals surface area contributed by atoms with Crippen LogP contribution in [0.5, 0.6) is 0 Å². The molecule has 1 heterocycles. The van der Waals surface area contributed by atoms with Crippen LogP contribution < -0.4 is 11.1 Å². The predicted molar refractivity (Wildman–Crippen MR) is 66.4 cm³/mol. The van der Waals surface area contributed by atoms with Crippen LogP contribution in [-0.2, 0) is 11.2 Å². The third kappa shape index (κ3) is 3.51. The molecule has 1 atom stereocenters. The lowest BCUT2D eigenvalue weighted by molar-refractivity contribution is 0.185. The van der Waals surface area contributed by atoms with Crippen molar-refractivity contribution < 1.29 is 4.74 Å². The van der Waals surface area contributed by atoms with E-state index < -0.39 is 0 Å². The molecular weight excluding hydrogens is 200 g/mol. The molecule has 0 saturated carbocycles. The first kappa shape index (κ1) is 11.4. The van der Waals surface area contributed by atoms with Gasteiger partial charge in [0, 0.05) is 18.8 Å². The number of nitrogen functional groups attached to an aromatic ring is 1. The van der Waals surface area contributed by atoms with Crippen LogP contribution >= 0.6 is 0 Å². The number of benzene rings is 1. The molecule has 1 fully saturated rings. The van der Waals surface area contributed by atoms with Gasteiger partial charge < -0.3 is 15.8 Å². The van der Waals surface area contributed by atoms with Gasteiger partial charge in [-0.05, 0) is 43.0 Å². The molecule has 3 heteroatoms. The minimum atomic E-state index is 0.709. The van der Waals surface area contributed by atoms with Crippen molar-refractivity contribution >= 4 is 5.69 Å². The fourth-order valence-corrected chi connectivity index (χ4v) is 2.03. The van der Waals surface area contributed by atoms with Crippen LogP contribution in [0.3, 0.4) is 0 Å². The van der Waals surface area contributed by atoms with Crippen molar-refractivity contribution in [3.05, 3.63) is 29.8 Å². The fourth-order valence-electron chi connectivity index (χ4n) is 2.03. The molecule has 0 aliphatic carbocycles. The summed E-state index contributed by atoms with van der Waals surface area (Å²) in [6, 6.07) is 8.10. The second-order valence-electron chi connectivity index (χ2n) is 4.43. The molecule has 1 saturated heterocycles. The molecule has 0 spiro atoms. The van der Waals surface area contributed by atoms with Crippen molar-refractivity contribution in [3.63, 3.8) is 0 Å². The Morgan fingerprint density at radius 1 is 1.44 bits per heavy atom. The Bertz CT molecular complexity index is 321. The lowest BCUT2D eigenvalue weighted by Crippen LogP contribution is -2.25. The molecule has 0 radical (unpaired) electrons. The zero-order valence-electron chi connectivity index (χ0n) is 9.61. The van der Waals surface area contributed by atoms with E-state index in [0.29, 0.717) is 5.92 Å². The maximum atomic E-state index is 5.73. The van der Waals surface area contributed by atoms with Crippen LogP contribution in [0, 0.1) is 5.92 Å². The smallest absolute Gasteiger partial charge is 0.0507 e. The SMILES string of the molecule is Nc1cccc(CCNCC2CCOC2)c1. The van der Waals surface area contributed by atoms with Gasteiger partial charge in [-0.15, -0.1) is 0 Å². The molecular formula is C13H20N2O. The highest BCUT2D eigenvalue weighted by Gasteiger charge is 2.14. The highest BCUT2D eigenvalue weighted by molar-refractivity contribution is 5.40. The standard InChI is InChI=1S/C13H20N2O/c14-13-3-1-2-11(8-13)4-6-15-9-12-5-7-16-10-12/h1-3,8,12,15H,4-7,9-10,14H2. The summed E-state index contributed by atoms with van der Waals surface area (Å²) in [6.45, 7) is 3.94. The third-order valence-corrected chi connectivity index (χ3v) is 3.00. The van der Waals surface area contributed by atoms with Gasteiger partial charge in [-0.2, -0.15) is 0 Å². The molecule has 1 unspecified atom stereocenters. The number of hydrogen-bond acceptors (Lipinski definition) is 3. The third-order valence-electron chi connectivity index (χ3n) is 3.00. The zero-order valence-corrected chi connectivity index (χ0v) is 9.61. The molecule has 88 valence electrons. The normalized spacial score (nSPS) is 20.1. The average Bonchev–Trinajstić information content (AvgIpc) is 2.77. The van der Waals surface area contributed by atoms with Crippen LogP contribution in [0.1, 0.15) is 12.0 Å². The lowest BCUT2D eigenvalue weighted by atomic mass is 10.1. The Balaban J connectivity index is 1.64. The molecule has 1 aliphatic heterocycles. The Kier molecular flexibility index (Phi) is 4.19. The van der Waals surface area contributed by atoms with E-state index in [1.54, 1.807) is 0 Å². The minimum Gasteiger partial charge on any atom is -0.399 e. The largest absolute Gasteiger partial charge is 0.399 e. The van der Waals surface area contributed by atoms with Crippen molar-refractivity contribution in [2.75, 3.05) is 32.0 Å². The number of anilines is 1. The highest BCUT2D eigenvalue weighted by Crippen LogP contribution is 2.10. The van der Waals surface area contributed by atoms with E-state index in [4.69, 9.17) is 10.5 Å². The van der Waals surface area contributed by atoms with E-state index in [-0.39, 0.29) is 0 Å². The number of hydrogen-bond donors (Lipinski definition) is 2. The molecule has 16 heavy (non-hydrogen) atoms. The van der Waals surface area contributed by atoms with Gasteiger partial charge in [0.2, 0.25) is 0 Å². The van der Waals surface area contributed by atoms with Gasteiger partial charge in [0.05, 0.1) is 6.61 Å². The molecule has 1 aromatic carbocycles. The minimum absolute atomic E-state index is 0.709. The summed E-state index contributed by atoms with van der Waals surface area (Å²) in [6.07, 6.45) is 2.24. The fraction of sp³-hybridized carbons (Fsp3) is 0.538. The number of nitrogens with two attached hydrogens (primary N) is 1. The molecule has 1 aromatic rings. The van der Waals surface area contributed by atoms with Crippen molar-refractivity contribution in [2.24, 2.45) is 5.92 Å². The summed E-state index contributed by atoms with van der Waals surface area (Å²) in [5, 5.41) is 3.47. The Labute approximate surface area is 97.0 Å². The number of rotatable bonds is 5. The molecule has 3 nitrogen and oxygen atoms in total. The quantitative estimate of drug-likeness (QED) is 0.583. The van der Waals surface area contributed by atoms with Gasteiger partial charge in [-0.25, -0.2) is 0 Å². The lowest BCUT2D eigenvalue weighted by Gasteiger charge is -2.09. The summed E-state index contributed by atoms with van der Waals surface area (Å²) in [7, 11) is 0. The average molecular weight is 220 g/mol. The van der Waals surface area contributed by atoms with Gasteiger partial charge >= 0.3 is 0 Å². The first-order valence-corrected chi connectivity index (χ1v) is 5.97. The second-order valence-corrected chi connectivity index (χ2v) is 4.43. The molecule has 0 bridgehead atoms. The summed E-state index contributed by atoms with van der Waals surface area (Å²) in [4.78, 5) is 0. The van der Waals surface area contributed by atoms with Crippen LogP contribution in [0.25, 0.3) is 0 Å². The topological polar surface area (TPSA) is 47.3 Å². The van der Waals surface area contributed by atoms with Gasteiger partial charge in [0.25, 0.3) is 0 Å². The molecule has 1 aliphatic rings.